The van der Waals surface area contributed by atoms with Crippen molar-refractivity contribution in [3.8, 4) is 11.5 Å². The molecular formula is C12H22BrFSi. The molecular weight excluding hydrogens is 271 g/mol. The molecule has 0 nitrogen and oxygen atoms in total. The van der Waals surface area contributed by atoms with Crippen LogP contribution >= 0.6 is 15.9 Å². The van der Waals surface area contributed by atoms with Gasteiger partial charge in [0.2, 0.25) is 5.08 Å². The Morgan fingerprint density at radius 1 is 0.933 bits per heavy atom. The van der Waals surface area contributed by atoms with Crippen molar-refractivity contribution in [1.29, 1.82) is 0 Å². The minimum absolute atomic E-state index is 0.566. The first-order valence-corrected chi connectivity index (χ1v) is 8.70. The monoisotopic (exact) mass is 292 g/mol. The number of rotatable bonds is 3. The largest absolute Gasteiger partial charge is 0.221 e. The molecule has 3 heteroatoms. The number of halogens is 2. The standard InChI is InChI=1S/C12H22BrFSi/c1-9(2)15(10(3)4,11(5)6)8-7-12(13)14/h9-12H,1-6H3. The van der Waals surface area contributed by atoms with E-state index < -0.39 is 13.2 Å². The predicted octanol–water partition coefficient (Wildman–Crippen LogP) is 4.90. The van der Waals surface area contributed by atoms with E-state index in [2.05, 4.69) is 68.9 Å². The van der Waals surface area contributed by atoms with E-state index in [0.29, 0.717) is 16.6 Å². The SMILES string of the molecule is CC(C)[Si](C#CC(F)Br)(C(C)C)C(C)C. The van der Waals surface area contributed by atoms with E-state index >= 15 is 0 Å². The molecule has 0 aliphatic carbocycles. The molecule has 0 aliphatic rings. The maximum atomic E-state index is 12.8. The van der Waals surface area contributed by atoms with E-state index in [1.807, 2.05) is 0 Å². The summed E-state index contributed by atoms with van der Waals surface area (Å²) < 4.78 is 12.8. The zero-order valence-electron chi connectivity index (χ0n) is 10.6. The maximum absolute atomic E-state index is 12.8. The average Bonchev–Trinajstić information content (AvgIpc) is 2.02. The third-order valence-corrected chi connectivity index (χ3v) is 9.80. The lowest BCUT2D eigenvalue weighted by Crippen LogP contribution is -2.43. The molecule has 1 unspecified atom stereocenters. The van der Waals surface area contributed by atoms with Gasteiger partial charge in [0.25, 0.3) is 0 Å². The molecule has 0 fully saturated rings. The smallest absolute Gasteiger partial charge is 0.214 e. The third kappa shape index (κ3) is 3.60. The van der Waals surface area contributed by atoms with E-state index in [1.54, 1.807) is 0 Å². The Bertz CT molecular complexity index is 226. The van der Waals surface area contributed by atoms with Crippen molar-refractivity contribution in [2.24, 2.45) is 0 Å². The van der Waals surface area contributed by atoms with Crippen LogP contribution in [-0.2, 0) is 0 Å². The van der Waals surface area contributed by atoms with Gasteiger partial charge in [-0.2, -0.15) is 0 Å². The topological polar surface area (TPSA) is 0 Å². The van der Waals surface area contributed by atoms with Crippen LogP contribution in [0.15, 0.2) is 0 Å². The molecule has 0 aromatic carbocycles. The molecule has 88 valence electrons. The van der Waals surface area contributed by atoms with Crippen LogP contribution in [0.5, 0.6) is 0 Å². The summed E-state index contributed by atoms with van der Waals surface area (Å²) in [5, 5.41) is -1.18. The highest BCUT2D eigenvalue weighted by molar-refractivity contribution is 9.09. The Hall–Kier alpha value is 0.187. The normalized spacial score (nSPS) is 14.3. The maximum Gasteiger partial charge on any atom is 0.214 e. The second-order valence-corrected chi connectivity index (χ2v) is 11.4. The fourth-order valence-electron chi connectivity index (χ4n) is 2.61. The van der Waals surface area contributed by atoms with Crippen LogP contribution < -0.4 is 0 Å². The molecule has 0 aliphatic heterocycles. The van der Waals surface area contributed by atoms with Gasteiger partial charge in [-0.05, 0) is 32.6 Å². The van der Waals surface area contributed by atoms with Crippen molar-refractivity contribution >= 4 is 24.0 Å². The van der Waals surface area contributed by atoms with E-state index in [-0.39, 0.29) is 0 Å². The van der Waals surface area contributed by atoms with E-state index in [9.17, 15) is 4.39 Å². The highest BCUT2D eigenvalue weighted by Crippen LogP contribution is 2.40. The molecule has 0 spiro atoms. The summed E-state index contributed by atoms with van der Waals surface area (Å²) in [4.78, 5) is 0. The van der Waals surface area contributed by atoms with Crippen molar-refractivity contribution in [2.45, 2.75) is 63.2 Å². The highest BCUT2D eigenvalue weighted by Gasteiger charge is 2.41. The summed E-state index contributed by atoms with van der Waals surface area (Å²) in [6, 6.07) is 0. The highest BCUT2D eigenvalue weighted by atomic mass is 79.9. The van der Waals surface area contributed by atoms with Gasteiger partial charge in [0.1, 0.15) is 8.07 Å². The molecule has 0 bridgehead atoms. The van der Waals surface area contributed by atoms with Crippen molar-refractivity contribution in [2.75, 3.05) is 0 Å². The van der Waals surface area contributed by atoms with E-state index in [0.717, 1.165) is 0 Å². The van der Waals surface area contributed by atoms with Crippen molar-refractivity contribution < 1.29 is 4.39 Å². The summed E-state index contributed by atoms with van der Waals surface area (Å²) >= 11 is 2.86. The molecule has 0 aromatic rings. The van der Waals surface area contributed by atoms with Crippen LogP contribution in [0, 0.1) is 11.5 Å². The molecule has 15 heavy (non-hydrogen) atoms. The van der Waals surface area contributed by atoms with E-state index in [1.165, 1.54) is 0 Å². The summed E-state index contributed by atoms with van der Waals surface area (Å²) in [6.45, 7) is 13.3. The summed E-state index contributed by atoms with van der Waals surface area (Å²) in [5.74, 6) is 2.69. The lowest BCUT2D eigenvalue weighted by atomic mass is 10.5. The Balaban J connectivity index is 5.27. The fourth-order valence-corrected chi connectivity index (χ4v) is 8.18. The summed E-state index contributed by atoms with van der Waals surface area (Å²) in [5.41, 5.74) is 5.00. The molecule has 1 atom stereocenters. The van der Waals surface area contributed by atoms with Crippen LogP contribution in [0.2, 0.25) is 16.6 Å². The van der Waals surface area contributed by atoms with Crippen molar-refractivity contribution in [3.63, 3.8) is 0 Å². The lowest BCUT2D eigenvalue weighted by molar-refractivity contribution is 0.541. The van der Waals surface area contributed by atoms with Crippen molar-refractivity contribution in [3.05, 3.63) is 0 Å². The molecule has 0 radical (unpaired) electrons. The van der Waals surface area contributed by atoms with Gasteiger partial charge >= 0.3 is 0 Å². The number of hydrogen-bond acceptors (Lipinski definition) is 0. The minimum Gasteiger partial charge on any atom is -0.221 e. The molecule has 0 rings (SSSR count). The zero-order chi connectivity index (χ0) is 12.2. The first kappa shape index (κ1) is 15.2. The number of alkyl halides is 2. The Kier molecular flexibility index (Phi) is 6.13. The van der Waals surface area contributed by atoms with Crippen LogP contribution in [0.4, 0.5) is 4.39 Å². The molecule has 0 heterocycles. The second-order valence-electron chi connectivity index (χ2n) is 4.97. The van der Waals surface area contributed by atoms with Crippen LogP contribution in [0.3, 0.4) is 0 Å². The van der Waals surface area contributed by atoms with Gasteiger partial charge < -0.3 is 0 Å². The Morgan fingerprint density at radius 3 is 1.47 bits per heavy atom. The van der Waals surface area contributed by atoms with Crippen molar-refractivity contribution in [1.82, 2.24) is 0 Å². The molecule has 0 saturated carbocycles. The fraction of sp³-hybridized carbons (Fsp3) is 0.833. The average molecular weight is 293 g/mol. The lowest BCUT2D eigenvalue weighted by Gasteiger charge is -2.38. The van der Waals surface area contributed by atoms with Gasteiger partial charge in [0.15, 0.2) is 0 Å². The summed E-state index contributed by atoms with van der Waals surface area (Å²) in [6.07, 6.45) is 0. The Morgan fingerprint density at radius 2 is 1.27 bits per heavy atom. The number of hydrogen-bond donors (Lipinski definition) is 0. The Labute approximate surface area is 103 Å². The van der Waals surface area contributed by atoms with Gasteiger partial charge in [0, 0.05) is 0 Å². The van der Waals surface area contributed by atoms with Crippen LogP contribution in [-0.4, -0.2) is 13.2 Å². The minimum atomic E-state index is -1.72. The van der Waals surface area contributed by atoms with Gasteiger partial charge in [-0.1, -0.05) is 47.5 Å². The van der Waals surface area contributed by atoms with Gasteiger partial charge in [-0.25, -0.2) is 4.39 Å². The van der Waals surface area contributed by atoms with Crippen LogP contribution in [0.25, 0.3) is 0 Å². The third-order valence-electron chi connectivity index (χ3n) is 3.26. The molecule has 0 amide bonds. The molecule has 0 saturated heterocycles. The summed E-state index contributed by atoms with van der Waals surface area (Å²) in [7, 11) is -1.72. The quantitative estimate of drug-likeness (QED) is 0.394. The zero-order valence-corrected chi connectivity index (χ0v) is 13.2. The molecule has 0 N–H and O–H groups in total. The van der Waals surface area contributed by atoms with Gasteiger partial charge in [-0.3, -0.25) is 0 Å². The van der Waals surface area contributed by atoms with Gasteiger partial charge in [-0.15, -0.1) is 5.54 Å². The molecule has 0 aromatic heterocycles. The van der Waals surface area contributed by atoms with E-state index in [4.69, 9.17) is 0 Å². The second kappa shape index (κ2) is 6.05. The van der Waals surface area contributed by atoms with Crippen LogP contribution in [0.1, 0.15) is 41.5 Å². The predicted molar refractivity (Wildman–Crippen MR) is 72.6 cm³/mol. The first-order valence-electron chi connectivity index (χ1n) is 5.56. The van der Waals surface area contributed by atoms with Gasteiger partial charge in [0.05, 0.1) is 0 Å². The first-order chi connectivity index (χ1) is 6.75.